The van der Waals surface area contributed by atoms with Gasteiger partial charge < -0.3 is 19.7 Å². The number of rotatable bonds is 17. The third-order valence-electron chi connectivity index (χ3n) is 6.54. The summed E-state index contributed by atoms with van der Waals surface area (Å²) >= 11 is 0. The molecule has 1 saturated heterocycles. The van der Waals surface area contributed by atoms with Crippen LogP contribution in [0.2, 0.25) is 0 Å². The average molecular weight is 482 g/mol. The minimum Gasteiger partial charge on any atom is -0.463 e. The minimum atomic E-state index is -1.36. The van der Waals surface area contributed by atoms with Crippen LogP contribution in [0.15, 0.2) is 12.3 Å². The molecule has 0 bridgehead atoms. The van der Waals surface area contributed by atoms with Crippen molar-refractivity contribution in [3.8, 4) is 0 Å². The van der Waals surface area contributed by atoms with E-state index in [0.717, 1.165) is 24.2 Å². The van der Waals surface area contributed by atoms with E-state index in [2.05, 4.69) is 6.92 Å². The molecule has 194 valence electrons. The summed E-state index contributed by atoms with van der Waals surface area (Å²) in [5.41, 5.74) is 0. The Balaban J connectivity index is 1.50. The van der Waals surface area contributed by atoms with Crippen LogP contribution in [0.3, 0.4) is 0 Å². The first-order chi connectivity index (χ1) is 16.4. The van der Waals surface area contributed by atoms with Gasteiger partial charge in [-0.05, 0) is 12.5 Å². The zero-order valence-corrected chi connectivity index (χ0v) is 20.7. The topological polar surface area (TPSA) is 113 Å². The van der Waals surface area contributed by atoms with Gasteiger partial charge in [0, 0.05) is 12.6 Å². The third kappa shape index (κ3) is 9.84. The van der Waals surface area contributed by atoms with Crippen molar-refractivity contribution in [1.29, 1.82) is 0 Å². The van der Waals surface area contributed by atoms with Gasteiger partial charge in [-0.25, -0.2) is 0 Å². The molecule has 4 atom stereocenters. The predicted molar refractivity (Wildman–Crippen MR) is 128 cm³/mol. The summed E-state index contributed by atoms with van der Waals surface area (Å²) in [4.78, 5) is 36.5. The highest BCUT2D eigenvalue weighted by Crippen LogP contribution is 2.26. The van der Waals surface area contributed by atoms with Crippen LogP contribution in [0.1, 0.15) is 103 Å². The molecule has 8 nitrogen and oxygen atoms in total. The molecule has 2 N–H and O–H groups in total. The normalized spacial score (nSPS) is 24.7. The monoisotopic (exact) mass is 481 g/mol. The van der Waals surface area contributed by atoms with E-state index in [0.29, 0.717) is 6.42 Å². The highest BCUT2D eigenvalue weighted by molar-refractivity contribution is 6.06. The first kappa shape index (κ1) is 28.5. The van der Waals surface area contributed by atoms with Crippen molar-refractivity contribution in [2.75, 3.05) is 6.61 Å². The van der Waals surface area contributed by atoms with Crippen LogP contribution in [0.5, 0.6) is 0 Å². The van der Waals surface area contributed by atoms with Gasteiger partial charge in [0.15, 0.2) is 12.0 Å². The summed E-state index contributed by atoms with van der Waals surface area (Å²) in [6.07, 6.45) is 13.8. The lowest BCUT2D eigenvalue weighted by atomic mass is 10.0. The maximum absolute atomic E-state index is 12.0. The fraction of sp³-hybridized carbons (Fsp3) is 0.808. The van der Waals surface area contributed by atoms with Crippen molar-refractivity contribution in [3.63, 3.8) is 0 Å². The van der Waals surface area contributed by atoms with Crippen molar-refractivity contribution in [2.24, 2.45) is 0 Å². The molecule has 0 spiro atoms. The van der Waals surface area contributed by atoms with Crippen LogP contribution in [0.4, 0.5) is 0 Å². The van der Waals surface area contributed by atoms with Crippen molar-refractivity contribution in [1.82, 2.24) is 4.90 Å². The second-order valence-electron chi connectivity index (χ2n) is 9.48. The van der Waals surface area contributed by atoms with Gasteiger partial charge in [-0.3, -0.25) is 19.3 Å². The van der Waals surface area contributed by atoms with Gasteiger partial charge >= 0.3 is 5.97 Å². The van der Waals surface area contributed by atoms with Crippen molar-refractivity contribution >= 4 is 17.7 Å². The van der Waals surface area contributed by atoms with Gasteiger partial charge in [0.1, 0.15) is 24.9 Å². The Morgan fingerprint density at radius 2 is 1.50 bits per heavy atom. The number of amides is 1. The maximum atomic E-state index is 12.0. The van der Waals surface area contributed by atoms with Gasteiger partial charge in [-0.2, -0.15) is 0 Å². The second-order valence-corrected chi connectivity index (χ2v) is 9.48. The first-order valence-corrected chi connectivity index (χ1v) is 13.1. The van der Waals surface area contributed by atoms with Crippen molar-refractivity contribution < 1.29 is 34.1 Å². The van der Waals surface area contributed by atoms with Gasteiger partial charge in [0.2, 0.25) is 5.91 Å². The Kier molecular flexibility index (Phi) is 13.4. The molecule has 0 aromatic heterocycles. The van der Waals surface area contributed by atoms with E-state index in [-0.39, 0.29) is 24.8 Å². The number of aliphatic hydroxyl groups excluding tert-OH is 2. The van der Waals surface area contributed by atoms with E-state index < -0.39 is 30.4 Å². The minimum absolute atomic E-state index is 0.198. The molecule has 0 aromatic carbocycles. The Labute approximate surface area is 203 Å². The molecule has 2 aliphatic heterocycles. The summed E-state index contributed by atoms with van der Waals surface area (Å²) in [6.45, 7) is 2.04. The summed E-state index contributed by atoms with van der Waals surface area (Å²) in [7, 11) is 0. The molecule has 1 amide bonds. The lowest BCUT2D eigenvalue weighted by molar-refractivity contribution is -0.156. The number of ketones is 1. The van der Waals surface area contributed by atoms with E-state index in [1.807, 2.05) is 0 Å². The van der Waals surface area contributed by atoms with E-state index in [1.165, 1.54) is 76.5 Å². The molecule has 2 aliphatic rings. The summed E-state index contributed by atoms with van der Waals surface area (Å²) in [5.74, 6) is -1.20. The van der Waals surface area contributed by atoms with Crippen LogP contribution in [0.25, 0.3) is 0 Å². The molecule has 0 aliphatic carbocycles. The number of carbonyl (C=O) groups excluding carboxylic acids is 3. The number of hydrogen-bond donors (Lipinski definition) is 2. The van der Waals surface area contributed by atoms with Crippen LogP contribution in [-0.4, -0.2) is 63.9 Å². The zero-order chi connectivity index (χ0) is 24.8. The molecule has 0 radical (unpaired) electrons. The fourth-order valence-corrected chi connectivity index (χ4v) is 4.40. The standard InChI is InChI=1S/C26H43NO7/c1-2-3-4-5-6-7-8-9-10-11-12-13-14-15-23(30)33-19-21-24(31)25(32)26(34-21)27-17-16-20(28)18-22(27)29/h16-17,21,24-26,31-32H,2-15,18-19H2,1H3/t21-,24+,25-,26+/m0/s1. The smallest absolute Gasteiger partial charge is 0.305 e. The largest absolute Gasteiger partial charge is 0.463 e. The number of esters is 1. The van der Waals surface area contributed by atoms with Crippen molar-refractivity contribution in [2.45, 2.75) is 128 Å². The second kappa shape index (κ2) is 16.0. The lowest BCUT2D eigenvalue weighted by Gasteiger charge is -2.28. The third-order valence-corrected chi connectivity index (χ3v) is 6.54. The quantitative estimate of drug-likeness (QED) is 0.185. The number of aliphatic hydroxyl groups is 2. The molecule has 1 fully saturated rings. The zero-order valence-electron chi connectivity index (χ0n) is 20.7. The molecule has 0 unspecified atom stereocenters. The van der Waals surface area contributed by atoms with Crippen molar-refractivity contribution in [3.05, 3.63) is 12.3 Å². The number of nitrogens with zero attached hydrogens (tertiary/aromatic N) is 1. The summed E-state index contributed by atoms with van der Waals surface area (Å²) < 4.78 is 10.8. The van der Waals surface area contributed by atoms with E-state index >= 15 is 0 Å². The SMILES string of the molecule is CCCCCCCCCCCCCCCC(=O)OC[C@@H]1O[C@@H](N2C=CC(=O)CC2=O)[C@@H](O)[C@@H]1O. The van der Waals surface area contributed by atoms with Crippen LogP contribution < -0.4 is 0 Å². The molecular weight excluding hydrogens is 438 g/mol. The Bertz CT molecular complexity index is 666. The summed E-state index contributed by atoms with van der Waals surface area (Å²) in [5, 5.41) is 20.4. The van der Waals surface area contributed by atoms with Gasteiger partial charge in [0.25, 0.3) is 0 Å². The number of hydrogen-bond acceptors (Lipinski definition) is 7. The number of allylic oxidation sites excluding steroid dienone is 1. The Morgan fingerprint density at radius 1 is 0.941 bits per heavy atom. The van der Waals surface area contributed by atoms with Crippen LogP contribution >= 0.6 is 0 Å². The van der Waals surface area contributed by atoms with E-state index in [9.17, 15) is 24.6 Å². The predicted octanol–water partition coefficient (Wildman–Crippen LogP) is 3.77. The first-order valence-electron chi connectivity index (χ1n) is 13.1. The van der Waals surface area contributed by atoms with Gasteiger partial charge in [0.05, 0.1) is 6.42 Å². The summed E-state index contributed by atoms with van der Waals surface area (Å²) in [6, 6.07) is 0. The highest BCUT2D eigenvalue weighted by Gasteiger charge is 2.47. The molecule has 34 heavy (non-hydrogen) atoms. The maximum Gasteiger partial charge on any atom is 0.305 e. The highest BCUT2D eigenvalue weighted by atomic mass is 16.6. The Hall–Kier alpha value is -1.77. The number of carbonyl (C=O) groups is 3. The van der Waals surface area contributed by atoms with Gasteiger partial charge in [-0.1, -0.05) is 84.0 Å². The molecule has 2 rings (SSSR count). The van der Waals surface area contributed by atoms with E-state index in [1.54, 1.807) is 0 Å². The lowest BCUT2D eigenvalue weighted by Crippen LogP contribution is -2.46. The molecule has 2 heterocycles. The van der Waals surface area contributed by atoms with E-state index in [4.69, 9.17) is 9.47 Å². The fourth-order valence-electron chi connectivity index (χ4n) is 4.40. The Morgan fingerprint density at radius 3 is 2.06 bits per heavy atom. The number of ether oxygens (including phenoxy) is 2. The van der Waals surface area contributed by atoms with Gasteiger partial charge in [-0.15, -0.1) is 0 Å². The molecular formula is C26H43NO7. The molecule has 8 heteroatoms. The average Bonchev–Trinajstić information content (AvgIpc) is 3.09. The number of unbranched alkanes of at least 4 members (excludes halogenated alkanes) is 12. The molecule has 0 aromatic rings. The van der Waals surface area contributed by atoms with Crippen LogP contribution in [-0.2, 0) is 23.9 Å². The van der Waals surface area contributed by atoms with Crippen LogP contribution in [0, 0.1) is 0 Å². The molecule has 0 saturated carbocycles.